The molecule has 0 fully saturated rings. The summed E-state index contributed by atoms with van der Waals surface area (Å²) in [5.74, 6) is 0.775. The quantitative estimate of drug-likeness (QED) is 0.387. The minimum Gasteiger partial charge on any atom is -0.489 e. The molecular formula is C23H29N5O3. The van der Waals surface area contributed by atoms with Crippen LogP contribution in [0.15, 0.2) is 46.3 Å². The molecule has 0 radical (unpaired) electrons. The van der Waals surface area contributed by atoms with Gasteiger partial charge in [-0.1, -0.05) is 30.6 Å². The average molecular weight is 424 g/mol. The van der Waals surface area contributed by atoms with Crippen molar-refractivity contribution < 1.29 is 9.57 Å². The fourth-order valence-electron chi connectivity index (χ4n) is 3.38. The molecule has 1 aromatic heterocycles. The Morgan fingerprint density at radius 3 is 2.58 bits per heavy atom. The van der Waals surface area contributed by atoms with E-state index >= 15 is 0 Å². The standard InChI is InChI=1S/C23H29N5O3/c1-6-7-10-20(24-30-5)18-12-13-22(17(3)14-18)31-15-19-16(2)9-8-11-21(19)28-23(29)27(4)25-26-28/h8-9,11-14H,6-7,10,15H2,1-5H3. The molecule has 0 saturated heterocycles. The summed E-state index contributed by atoms with van der Waals surface area (Å²) in [6.07, 6.45) is 3.01. The van der Waals surface area contributed by atoms with Gasteiger partial charge in [0.2, 0.25) is 0 Å². The van der Waals surface area contributed by atoms with Crippen LogP contribution in [0.4, 0.5) is 0 Å². The summed E-state index contributed by atoms with van der Waals surface area (Å²) in [5.41, 5.74) is 5.23. The molecule has 164 valence electrons. The topological polar surface area (TPSA) is 83.5 Å². The van der Waals surface area contributed by atoms with Gasteiger partial charge in [0.05, 0.1) is 11.4 Å². The molecule has 0 aliphatic rings. The van der Waals surface area contributed by atoms with Gasteiger partial charge in [-0.2, -0.15) is 9.36 Å². The van der Waals surface area contributed by atoms with E-state index in [0.29, 0.717) is 12.3 Å². The number of rotatable bonds is 9. The summed E-state index contributed by atoms with van der Waals surface area (Å²) < 4.78 is 8.64. The second-order valence-electron chi connectivity index (χ2n) is 7.46. The highest BCUT2D eigenvalue weighted by Gasteiger charge is 2.14. The van der Waals surface area contributed by atoms with Gasteiger partial charge < -0.3 is 9.57 Å². The van der Waals surface area contributed by atoms with Crippen molar-refractivity contribution in [2.75, 3.05) is 7.11 Å². The third-order valence-corrected chi connectivity index (χ3v) is 5.18. The molecule has 0 spiro atoms. The minimum absolute atomic E-state index is 0.301. The molecule has 8 nitrogen and oxygen atoms in total. The number of benzene rings is 2. The lowest BCUT2D eigenvalue weighted by Crippen LogP contribution is -2.23. The molecule has 3 rings (SSSR count). The number of tetrazole rings is 1. The minimum atomic E-state index is -0.301. The average Bonchev–Trinajstić information content (AvgIpc) is 3.09. The number of aryl methyl sites for hydroxylation is 3. The van der Waals surface area contributed by atoms with Crippen LogP contribution in [0, 0.1) is 13.8 Å². The Hall–Kier alpha value is -3.42. The first-order chi connectivity index (χ1) is 15.0. The van der Waals surface area contributed by atoms with E-state index < -0.39 is 0 Å². The molecule has 0 saturated carbocycles. The van der Waals surface area contributed by atoms with Gasteiger partial charge in [0, 0.05) is 12.6 Å². The van der Waals surface area contributed by atoms with Crippen LogP contribution in [0.5, 0.6) is 5.75 Å². The molecule has 0 aliphatic heterocycles. The van der Waals surface area contributed by atoms with Gasteiger partial charge in [-0.25, -0.2) is 4.79 Å². The molecule has 1 heterocycles. The van der Waals surface area contributed by atoms with E-state index in [9.17, 15) is 4.79 Å². The Labute approximate surface area is 182 Å². The third-order valence-electron chi connectivity index (χ3n) is 5.18. The first-order valence-electron chi connectivity index (χ1n) is 10.4. The monoisotopic (exact) mass is 423 g/mol. The molecule has 2 aromatic carbocycles. The molecule has 0 bridgehead atoms. The summed E-state index contributed by atoms with van der Waals surface area (Å²) in [4.78, 5) is 17.4. The molecular weight excluding hydrogens is 394 g/mol. The molecule has 0 N–H and O–H groups in total. The third kappa shape index (κ3) is 5.02. The van der Waals surface area contributed by atoms with Crippen molar-refractivity contribution >= 4 is 5.71 Å². The van der Waals surface area contributed by atoms with Crippen LogP contribution < -0.4 is 10.4 Å². The predicted octanol–water partition coefficient (Wildman–Crippen LogP) is 3.70. The molecule has 3 aromatic rings. The van der Waals surface area contributed by atoms with Gasteiger partial charge in [0.25, 0.3) is 0 Å². The van der Waals surface area contributed by atoms with Crippen LogP contribution >= 0.6 is 0 Å². The lowest BCUT2D eigenvalue weighted by Gasteiger charge is -2.15. The number of hydrogen-bond acceptors (Lipinski definition) is 6. The Morgan fingerprint density at radius 2 is 1.94 bits per heavy atom. The largest absolute Gasteiger partial charge is 0.489 e. The predicted molar refractivity (Wildman–Crippen MR) is 120 cm³/mol. The normalized spacial score (nSPS) is 11.6. The first-order valence-corrected chi connectivity index (χ1v) is 10.4. The summed E-state index contributed by atoms with van der Waals surface area (Å²) in [6, 6.07) is 11.7. The zero-order valence-electron chi connectivity index (χ0n) is 18.8. The maximum absolute atomic E-state index is 12.3. The zero-order valence-corrected chi connectivity index (χ0v) is 18.8. The molecule has 0 aliphatic carbocycles. The van der Waals surface area contributed by atoms with Crippen molar-refractivity contribution in [2.45, 2.75) is 46.6 Å². The fraction of sp³-hybridized carbons (Fsp3) is 0.391. The van der Waals surface area contributed by atoms with E-state index in [1.165, 1.54) is 9.36 Å². The van der Waals surface area contributed by atoms with Crippen molar-refractivity contribution in [2.24, 2.45) is 12.2 Å². The zero-order chi connectivity index (χ0) is 22.4. The van der Waals surface area contributed by atoms with Gasteiger partial charge in [0.1, 0.15) is 19.5 Å². The highest BCUT2D eigenvalue weighted by molar-refractivity contribution is 6.00. The summed E-state index contributed by atoms with van der Waals surface area (Å²) in [5, 5.41) is 12.0. The first kappa shape index (κ1) is 22.3. The maximum atomic E-state index is 12.3. The van der Waals surface area contributed by atoms with Crippen LogP contribution in [-0.4, -0.2) is 32.6 Å². The second-order valence-corrected chi connectivity index (χ2v) is 7.46. The number of ether oxygens (including phenoxy) is 1. The lowest BCUT2D eigenvalue weighted by atomic mass is 10.0. The second kappa shape index (κ2) is 10.1. The summed E-state index contributed by atoms with van der Waals surface area (Å²) in [7, 11) is 3.14. The van der Waals surface area contributed by atoms with Gasteiger partial charge in [-0.15, -0.1) is 0 Å². The Kier molecular flexibility index (Phi) is 7.23. The summed E-state index contributed by atoms with van der Waals surface area (Å²) >= 11 is 0. The van der Waals surface area contributed by atoms with Gasteiger partial charge >= 0.3 is 5.69 Å². The smallest absolute Gasteiger partial charge is 0.368 e. The molecule has 0 atom stereocenters. The van der Waals surface area contributed by atoms with E-state index in [2.05, 4.69) is 28.6 Å². The van der Waals surface area contributed by atoms with Crippen molar-refractivity contribution in [3.8, 4) is 11.4 Å². The number of unbranched alkanes of at least 4 members (excludes halogenated alkanes) is 1. The lowest BCUT2D eigenvalue weighted by molar-refractivity contribution is 0.212. The van der Waals surface area contributed by atoms with E-state index in [-0.39, 0.29) is 5.69 Å². The maximum Gasteiger partial charge on any atom is 0.368 e. The van der Waals surface area contributed by atoms with Crippen LogP contribution in [0.25, 0.3) is 5.69 Å². The van der Waals surface area contributed by atoms with Gasteiger partial charge in [-0.05, 0) is 78.1 Å². The summed E-state index contributed by atoms with van der Waals surface area (Å²) in [6.45, 7) is 6.46. The Bertz CT molecular complexity index is 1130. The molecule has 0 amide bonds. The van der Waals surface area contributed by atoms with Crippen LogP contribution in [0.1, 0.15) is 48.4 Å². The number of oxime groups is 1. The number of nitrogens with zero attached hydrogens (tertiary/aromatic N) is 5. The molecule has 31 heavy (non-hydrogen) atoms. The van der Waals surface area contributed by atoms with E-state index in [0.717, 1.165) is 53.0 Å². The van der Waals surface area contributed by atoms with Gasteiger partial charge in [0.15, 0.2) is 0 Å². The van der Waals surface area contributed by atoms with Crippen LogP contribution in [0.3, 0.4) is 0 Å². The fourth-order valence-corrected chi connectivity index (χ4v) is 3.38. The Balaban J connectivity index is 1.85. The van der Waals surface area contributed by atoms with E-state index in [4.69, 9.17) is 9.57 Å². The van der Waals surface area contributed by atoms with Crippen molar-refractivity contribution in [1.29, 1.82) is 0 Å². The van der Waals surface area contributed by atoms with Crippen molar-refractivity contribution in [1.82, 2.24) is 19.8 Å². The van der Waals surface area contributed by atoms with Gasteiger partial charge in [-0.3, -0.25) is 0 Å². The number of aromatic nitrogens is 4. The van der Waals surface area contributed by atoms with Crippen LogP contribution in [0.2, 0.25) is 0 Å². The highest BCUT2D eigenvalue weighted by Crippen LogP contribution is 2.24. The SMILES string of the molecule is CCCCC(=NOC)c1ccc(OCc2c(C)cccc2-n2nnn(C)c2=O)c(C)c1. The van der Waals surface area contributed by atoms with E-state index in [1.807, 2.05) is 44.2 Å². The number of hydrogen-bond donors (Lipinski definition) is 0. The molecule has 0 unspecified atom stereocenters. The van der Waals surface area contributed by atoms with E-state index in [1.54, 1.807) is 14.2 Å². The van der Waals surface area contributed by atoms with Crippen LogP contribution in [-0.2, 0) is 18.5 Å². The Morgan fingerprint density at radius 1 is 1.13 bits per heavy atom. The van der Waals surface area contributed by atoms with Crippen molar-refractivity contribution in [3.05, 3.63) is 69.1 Å². The highest BCUT2D eigenvalue weighted by atomic mass is 16.6. The molecule has 8 heteroatoms. The van der Waals surface area contributed by atoms with Crippen molar-refractivity contribution in [3.63, 3.8) is 0 Å².